The van der Waals surface area contributed by atoms with E-state index in [-0.39, 0.29) is 16.0 Å². The van der Waals surface area contributed by atoms with Gasteiger partial charge >= 0.3 is 5.97 Å². The largest absolute Gasteiger partial charge is 0.465 e. The maximum Gasteiger partial charge on any atom is 0.313 e. The molecule has 0 saturated heterocycles. The molecule has 1 aromatic heterocycles. The summed E-state index contributed by atoms with van der Waals surface area (Å²) in [5.41, 5.74) is 2.76. The lowest BCUT2D eigenvalue weighted by Crippen LogP contribution is -2.45. The second-order valence-corrected chi connectivity index (χ2v) is 17.1. The van der Waals surface area contributed by atoms with Gasteiger partial charge < -0.3 is 19.4 Å². The monoisotopic (exact) mass is 736 g/mol. The smallest absolute Gasteiger partial charge is 0.313 e. The molecule has 2 N–H and O–H groups in total. The predicted molar refractivity (Wildman–Crippen MR) is 193 cm³/mol. The summed E-state index contributed by atoms with van der Waals surface area (Å²) in [5.74, 6) is 1.91. The molecule has 0 aliphatic heterocycles. The van der Waals surface area contributed by atoms with E-state index in [1.54, 1.807) is 11.8 Å². The van der Waals surface area contributed by atoms with Gasteiger partial charge in [-0.3, -0.25) is 4.79 Å². The fraction of sp³-hybridized carbons (Fsp3) is 0.595. The lowest BCUT2D eigenvalue weighted by molar-refractivity contribution is -0.157. The standard InChI is InChI=1S/C37H53IO5S/c1-7-8-9-12-27-15-17-28(18-16-27)33-23-29-19-20-30(24-34(29)43-33)44-22-11-14-32(40)31(39)13-10-21-42-35(41)37(6,25-26(2)3)36(4,5)38/h15-20,23-24,26,31-32,39-40H,7-14,21-22,25H2,1-6H3. The number of rotatable bonds is 19. The van der Waals surface area contributed by atoms with Crippen LogP contribution in [-0.4, -0.2) is 44.2 Å². The summed E-state index contributed by atoms with van der Waals surface area (Å²) < 4.78 is 11.6. The van der Waals surface area contributed by atoms with Crippen molar-refractivity contribution < 1.29 is 24.2 Å². The molecular formula is C37H53IO5S. The van der Waals surface area contributed by atoms with Crippen molar-refractivity contribution in [3.63, 3.8) is 0 Å². The highest BCUT2D eigenvalue weighted by Gasteiger charge is 2.47. The van der Waals surface area contributed by atoms with Crippen molar-refractivity contribution in [3.05, 3.63) is 54.1 Å². The number of thioether (sulfide) groups is 1. The van der Waals surface area contributed by atoms with Crippen molar-refractivity contribution in [1.82, 2.24) is 0 Å². The number of esters is 1. The lowest BCUT2D eigenvalue weighted by atomic mass is 9.73. The van der Waals surface area contributed by atoms with Crippen LogP contribution in [0.2, 0.25) is 0 Å². The summed E-state index contributed by atoms with van der Waals surface area (Å²) in [5, 5.41) is 22.1. The van der Waals surface area contributed by atoms with E-state index in [1.165, 1.54) is 24.8 Å². The average molecular weight is 737 g/mol. The van der Waals surface area contributed by atoms with Crippen LogP contribution in [0.4, 0.5) is 0 Å². The van der Waals surface area contributed by atoms with Crippen LogP contribution in [-0.2, 0) is 16.0 Å². The average Bonchev–Trinajstić information content (AvgIpc) is 3.40. The number of aliphatic hydroxyl groups is 2. The Balaban J connectivity index is 1.39. The Morgan fingerprint density at radius 1 is 0.955 bits per heavy atom. The van der Waals surface area contributed by atoms with Gasteiger partial charge in [-0.05, 0) is 107 Å². The Bertz CT molecular complexity index is 1300. The van der Waals surface area contributed by atoms with Crippen LogP contribution >= 0.6 is 34.4 Å². The van der Waals surface area contributed by atoms with Gasteiger partial charge in [-0.2, -0.15) is 0 Å². The van der Waals surface area contributed by atoms with E-state index < -0.39 is 17.6 Å². The highest BCUT2D eigenvalue weighted by atomic mass is 127. The summed E-state index contributed by atoms with van der Waals surface area (Å²) in [7, 11) is 0. The van der Waals surface area contributed by atoms with E-state index in [0.717, 1.165) is 52.2 Å². The Labute approximate surface area is 283 Å². The molecule has 3 unspecified atom stereocenters. The zero-order valence-electron chi connectivity index (χ0n) is 27.5. The molecule has 0 bridgehead atoms. The number of benzene rings is 2. The Morgan fingerprint density at radius 3 is 2.27 bits per heavy atom. The molecule has 0 radical (unpaired) electrons. The Morgan fingerprint density at radius 2 is 1.64 bits per heavy atom. The fourth-order valence-corrected chi connectivity index (χ4v) is 6.87. The van der Waals surface area contributed by atoms with Crippen LogP contribution in [0, 0.1) is 11.3 Å². The van der Waals surface area contributed by atoms with Crippen molar-refractivity contribution in [2.45, 2.75) is 120 Å². The molecule has 44 heavy (non-hydrogen) atoms. The molecule has 7 heteroatoms. The van der Waals surface area contributed by atoms with Crippen LogP contribution in [0.3, 0.4) is 0 Å². The molecule has 244 valence electrons. The molecule has 0 aliphatic carbocycles. The number of fused-ring (bicyclic) bond motifs is 1. The van der Waals surface area contributed by atoms with Gasteiger partial charge in [0, 0.05) is 19.3 Å². The van der Waals surface area contributed by atoms with Crippen molar-refractivity contribution in [2.75, 3.05) is 12.4 Å². The van der Waals surface area contributed by atoms with Gasteiger partial charge in [0.2, 0.25) is 0 Å². The third kappa shape index (κ3) is 10.8. The molecule has 3 rings (SSSR count). The zero-order chi connectivity index (χ0) is 32.3. The first-order valence-electron chi connectivity index (χ1n) is 16.3. The number of ether oxygens (including phenoxy) is 1. The minimum Gasteiger partial charge on any atom is -0.465 e. The maximum atomic E-state index is 13.0. The van der Waals surface area contributed by atoms with Gasteiger partial charge in [0.15, 0.2) is 0 Å². The lowest BCUT2D eigenvalue weighted by Gasteiger charge is -2.39. The summed E-state index contributed by atoms with van der Waals surface area (Å²) in [6.45, 7) is 12.8. The Hall–Kier alpha value is -1.55. The van der Waals surface area contributed by atoms with Crippen LogP contribution < -0.4 is 0 Å². The second kappa shape index (κ2) is 17.4. The van der Waals surface area contributed by atoms with E-state index in [1.807, 2.05) is 6.92 Å². The number of unbranched alkanes of at least 4 members (excludes halogenated alkanes) is 2. The highest BCUT2D eigenvalue weighted by molar-refractivity contribution is 14.1. The first kappa shape index (κ1) is 36.9. The maximum absolute atomic E-state index is 13.0. The molecule has 3 aromatic rings. The van der Waals surface area contributed by atoms with Gasteiger partial charge in [-0.25, -0.2) is 0 Å². The normalized spacial score (nSPS) is 15.0. The minimum atomic E-state index is -0.829. The third-order valence-corrected chi connectivity index (χ3v) is 10.9. The number of furan rings is 1. The van der Waals surface area contributed by atoms with Gasteiger partial charge in [-0.15, -0.1) is 11.8 Å². The third-order valence-electron chi connectivity index (χ3n) is 8.61. The highest BCUT2D eigenvalue weighted by Crippen LogP contribution is 2.44. The molecule has 1 heterocycles. The number of carbonyl (C=O) groups excluding carboxylic acids is 1. The molecule has 0 amide bonds. The van der Waals surface area contributed by atoms with Gasteiger partial charge in [-0.1, -0.05) is 80.5 Å². The number of aryl methyl sites for hydroxylation is 1. The van der Waals surface area contributed by atoms with E-state index >= 15 is 0 Å². The van der Waals surface area contributed by atoms with Crippen molar-refractivity contribution in [3.8, 4) is 11.3 Å². The SMILES string of the molecule is CCCCCc1ccc(-c2cc3ccc(SCCCC(O)C(O)CCCOC(=O)C(C)(CC(C)C)C(C)(C)I)cc3o2)cc1. The Kier molecular flexibility index (Phi) is 14.6. The van der Waals surface area contributed by atoms with Gasteiger partial charge in [0.25, 0.3) is 0 Å². The van der Waals surface area contributed by atoms with E-state index in [0.29, 0.717) is 25.2 Å². The molecule has 0 fully saturated rings. The molecular weight excluding hydrogens is 683 g/mol. The fourth-order valence-electron chi connectivity index (χ4n) is 5.53. The summed E-state index contributed by atoms with van der Waals surface area (Å²) >= 11 is 4.06. The van der Waals surface area contributed by atoms with E-state index in [4.69, 9.17) is 9.15 Å². The molecule has 5 nitrogen and oxygen atoms in total. The quantitative estimate of drug-likeness (QED) is 0.0420. The van der Waals surface area contributed by atoms with Crippen molar-refractivity contribution >= 4 is 51.3 Å². The van der Waals surface area contributed by atoms with E-state index in [9.17, 15) is 15.0 Å². The van der Waals surface area contributed by atoms with Crippen LogP contribution in [0.5, 0.6) is 0 Å². The predicted octanol–water partition coefficient (Wildman–Crippen LogP) is 10.0. The first-order valence-corrected chi connectivity index (χ1v) is 18.4. The second-order valence-electron chi connectivity index (χ2n) is 13.3. The number of carbonyl (C=O) groups is 1. The molecule has 2 aromatic carbocycles. The van der Waals surface area contributed by atoms with Crippen LogP contribution in [0.25, 0.3) is 22.3 Å². The van der Waals surface area contributed by atoms with Crippen molar-refractivity contribution in [2.24, 2.45) is 11.3 Å². The van der Waals surface area contributed by atoms with Crippen molar-refractivity contribution in [1.29, 1.82) is 0 Å². The topological polar surface area (TPSA) is 79.9 Å². The van der Waals surface area contributed by atoms with Gasteiger partial charge in [0.05, 0.1) is 24.2 Å². The van der Waals surface area contributed by atoms with Crippen LogP contribution in [0.1, 0.15) is 98.5 Å². The van der Waals surface area contributed by atoms with E-state index in [2.05, 4.69) is 106 Å². The minimum absolute atomic E-state index is 0.187. The van der Waals surface area contributed by atoms with Gasteiger partial charge in [0.1, 0.15) is 11.3 Å². The number of alkyl halides is 1. The summed E-state index contributed by atoms with van der Waals surface area (Å²) in [4.78, 5) is 14.1. The van der Waals surface area contributed by atoms with Crippen LogP contribution in [0.15, 0.2) is 57.8 Å². The zero-order valence-corrected chi connectivity index (χ0v) is 30.5. The molecule has 3 atom stereocenters. The molecule has 0 saturated carbocycles. The first-order chi connectivity index (χ1) is 20.8. The number of halogens is 1. The number of aliphatic hydroxyl groups excluding tert-OH is 2. The molecule has 0 aliphatic rings. The molecule has 0 spiro atoms. The summed E-state index contributed by atoms with van der Waals surface area (Å²) in [6, 6.07) is 17.1. The summed E-state index contributed by atoms with van der Waals surface area (Å²) in [6.07, 6.45) is 6.21. The number of hydrogen-bond acceptors (Lipinski definition) is 6. The number of hydrogen-bond donors (Lipinski definition) is 2.